The number of carbonyl (C=O) groups is 2. The minimum atomic E-state index is -1.25. The van der Waals surface area contributed by atoms with Crippen LogP contribution in [0.4, 0.5) is 0 Å². The van der Waals surface area contributed by atoms with Crippen LogP contribution in [0.5, 0.6) is 0 Å². The standard InChI is InChI=1S/C10H17N3O6/c1-3-7(6(2)13(17)18)4-8(10(11)16)12-19-5-9(14)15/h6-7H,3-5H2,1-2H3,(H2,11,16)(H,14,15). The number of nitro groups is 1. The van der Waals surface area contributed by atoms with E-state index in [1.807, 2.05) is 0 Å². The summed E-state index contributed by atoms with van der Waals surface area (Å²) in [6, 6.07) is -0.867. The summed E-state index contributed by atoms with van der Waals surface area (Å²) < 4.78 is 0. The molecule has 0 radical (unpaired) electrons. The summed E-state index contributed by atoms with van der Waals surface area (Å²) in [5, 5.41) is 22.4. The van der Waals surface area contributed by atoms with E-state index in [0.29, 0.717) is 6.42 Å². The van der Waals surface area contributed by atoms with E-state index in [4.69, 9.17) is 10.8 Å². The molecule has 0 aliphatic heterocycles. The second-order valence-corrected chi connectivity index (χ2v) is 3.97. The summed E-state index contributed by atoms with van der Waals surface area (Å²) in [6.07, 6.45) is 0.418. The van der Waals surface area contributed by atoms with Gasteiger partial charge in [-0.3, -0.25) is 14.9 Å². The number of rotatable bonds is 9. The van der Waals surface area contributed by atoms with E-state index in [1.54, 1.807) is 6.92 Å². The maximum absolute atomic E-state index is 11.1. The zero-order valence-electron chi connectivity index (χ0n) is 10.7. The highest BCUT2D eigenvalue weighted by Crippen LogP contribution is 2.16. The first-order chi connectivity index (χ1) is 8.79. The van der Waals surface area contributed by atoms with Crippen LogP contribution in [0.25, 0.3) is 0 Å². The summed E-state index contributed by atoms with van der Waals surface area (Å²) in [7, 11) is 0. The van der Waals surface area contributed by atoms with Crippen molar-refractivity contribution in [3.05, 3.63) is 10.1 Å². The predicted molar refractivity (Wildman–Crippen MR) is 65.1 cm³/mol. The molecule has 3 N–H and O–H groups in total. The molecule has 1 amide bonds. The molecule has 0 aromatic carbocycles. The quantitative estimate of drug-likeness (QED) is 0.344. The fraction of sp³-hybridized carbons (Fsp3) is 0.700. The average Bonchev–Trinajstić information content (AvgIpc) is 2.31. The molecule has 0 bridgehead atoms. The molecule has 0 fully saturated rings. The maximum atomic E-state index is 11.1. The summed E-state index contributed by atoms with van der Waals surface area (Å²) in [4.78, 5) is 36.0. The van der Waals surface area contributed by atoms with Gasteiger partial charge < -0.3 is 15.7 Å². The van der Waals surface area contributed by atoms with Crippen LogP contribution in [-0.4, -0.2) is 40.3 Å². The number of oxime groups is 1. The Morgan fingerprint density at radius 1 is 1.53 bits per heavy atom. The van der Waals surface area contributed by atoms with Gasteiger partial charge in [-0.25, -0.2) is 4.79 Å². The minimum absolute atomic E-state index is 0.0341. The van der Waals surface area contributed by atoms with E-state index in [9.17, 15) is 19.7 Å². The highest BCUT2D eigenvalue weighted by molar-refractivity contribution is 6.38. The molecule has 0 saturated carbocycles. The van der Waals surface area contributed by atoms with E-state index in [1.165, 1.54) is 6.92 Å². The molecule has 9 nitrogen and oxygen atoms in total. The molecular formula is C10H17N3O6. The van der Waals surface area contributed by atoms with Crippen LogP contribution in [0.1, 0.15) is 26.7 Å². The average molecular weight is 275 g/mol. The van der Waals surface area contributed by atoms with E-state index >= 15 is 0 Å². The Bertz CT molecular complexity index is 381. The second-order valence-electron chi connectivity index (χ2n) is 3.97. The lowest BCUT2D eigenvalue weighted by atomic mass is 9.92. The molecule has 0 aromatic rings. The Kier molecular flexibility index (Phi) is 7.08. The highest BCUT2D eigenvalue weighted by Gasteiger charge is 2.28. The van der Waals surface area contributed by atoms with Gasteiger partial charge in [0.25, 0.3) is 5.91 Å². The topological polar surface area (TPSA) is 145 Å². The van der Waals surface area contributed by atoms with Gasteiger partial charge in [-0.05, 0) is 6.42 Å². The molecular weight excluding hydrogens is 258 g/mol. The first-order valence-electron chi connectivity index (χ1n) is 5.63. The molecule has 19 heavy (non-hydrogen) atoms. The van der Waals surface area contributed by atoms with Crippen molar-refractivity contribution in [1.29, 1.82) is 0 Å². The second kappa shape index (κ2) is 8.01. The largest absolute Gasteiger partial charge is 0.479 e. The number of primary amides is 1. The molecule has 0 heterocycles. The molecule has 0 spiro atoms. The van der Waals surface area contributed by atoms with Crippen LogP contribution in [0.3, 0.4) is 0 Å². The van der Waals surface area contributed by atoms with Crippen molar-refractivity contribution in [2.24, 2.45) is 16.8 Å². The molecule has 2 unspecified atom stereocenters. The van der Waals surface area contributed by atoms with Crippen LogP contribution in [0.15, 0.2) is 5.16 Å². The van der Waals surface area contributed by atoms with Gasteiger partial charge in [0, 0.05) is 24.2 Å². The Hall–Kier alpha value is -2.19. The predicted octanol–water partition coefficient (Wildman–Crippen LogP) is 0.0104. The number of nitrogens with zero attached hydrogens (tertiary/aromatic N) is 2. The fourth-order valence-electron chi connectivity index (χ4n) is 1.42. The first-order valence-corrected chi connectivity index (χ1v) is 5.63. The normalized spacial score (nSPS) is 14.5. The molecule has 108 valence electrons. The van der Waals surface area contributed by atoms with Crippen LogP contribution in [0, 0.1) is 16.0 Å². The van der Waals surface area contributed by atoms with Gasteiger partial charge in [0.05, 0.1) is 0 Å². The van der Waals surface area contributed by atoms with Crippen LogP contribution in [0.2, 0.25) is 0 Å². The van der Waals surface area contributed by atoms with Crippen molar-refractivity contribution in [1.82, 2.24) is 0 Å². The SMILES string of the molecule is CCC(CC(=NOCC(=O)O)C(N)=O)C(C)[N+](=O)[O-]. The molecule has 9 heteroatoms. The molecule has 0 aliphatic carbocycles. The van der Waals surface area contributed by atoms with Crippen molar-refractivity contribution in [3.8, 4) is 0 Å². The highest BCUT2D eigenvalue weighted by atomic mass is 16.6. The lowest BCUT2D eigenvalue weighted by molar-refractivity contribution is -0.527. The molecule has 0 aliphatic rings. The van der Waals surface area contributed by atoms with Crippen molar-refractivity contribution >= 4 is 17.6 Å². The lowest BCUT2D eigenvalue weighted by Gasteiger charge is -2.15. The zero-order chi connectivity index (χ0) is 15.0. The fourth-order valence-corrected chi connectivity index (χ4v) is 1.42. The number of hydrogen-bond acceptors (Lipinski definition) is 6. The summed E-state index contributed by atoms with van der Waals surface area (Å²) >= 11 is 0. The zero-order valence-corrected chi connectivity index (χ0v) is 10.7. The number of carbonyl (C=O) groups excluding carboxylic acids is 1. The van der Waals surface area contributed by atoms with Gasteiger partial charge >= 0.3 is 5.97 Å². The van der Waals surface area contributed by atoms with Crippen molar-refractivity contribution in [2.75, 3.05) is 6.61 Å². The van der Waals surface area contributed by atoms with E-state index in [-0.39, 0.29) is 12.1 Å². The van der Waals surface area contributed by atoms with Crippen molar-refractivity contribution < 1.29 is 24.5 Å². The van der Waals surface area contributed by atoms with E-state index in [0.717, 1.165) is 0 Å². The number of amides is 1. The third-order valence-electron chi connectivity index (χ3n) is 2.64. The Labute approximate surface area is 109 Å². The molecule has 0 saturated heterocycles. The smallest absolute Gasteiger partial charge is 0.344 e. The number of aliphatic carboxylic acids is 1. The van der Waals surface area contributed by atoms with Gasteiger partial charge in [-0.1, -0.05) is 12.1 Å². The third kappa shape index (κ3) is 6.34. The number of hydrogen-bond donors (Lipinski definition) is 2. The Morgan fingerprint density at radius 3 is 2.47 bits per heavy atom. The van der Waals surface area contributed by atoms with E-state index in [2.05, 4.69) is 9.99 Å². The van der Waals surface area contributed by atoms with Gasteiger partial charge in [-0.15, -0.1) is 0 Å². The van der Waals surface area contributed by atoms with Gasteiger partial charge in [0.2, 0.25) is 12.6 Å². The van der Waals surface area contributed by atoms with Crippen molar-refractivity contribution in [2.45, 2.75) is 32.7 Å². The lowest BCUT2D eigenvalue weighted by Crippen LogP contribution is -2.32. The van der Waals surface area contributed by atoms with Crippen LogP contribution < -0.4 is 5.73 Å². The van der Waals surface area contributed by atoms with Crippen LogP contribution in [-0.2, 0) is 14.4 Å². The number of nitrogens with two attached hydrogens (primary N) is 1. The summed E-state index contributed by atoms with van der Waals surface area (Å²) in [5.41, 5.74) is 4.86. The summed E-state index contributed by atoms with van der Waals surface area (Å²) in [5.74, 6) is -2.58. The Balaban J connectivity index is 4.76. The van der Waals surface area contributed by atoms with Gasteiger partial charge in [0.1, 0.15) is 5.71 Å². The minimum Gasteiger partial charge on any atom is -0.479 e. The summed E-state index contributed by atoms with van der Waals surface area (Å²) in [6.45, 7) is 2.45. The molecule has 0 rings (SSSR count). The van der Waals surface area contributed by atoms with Crippen molar-refractivity contribution in [3.63, 3.8) is 0 Å². The molecule has 0 aromatic heterocycles. The van der Waals surface area contributed by atoms with Crippen LogP contribution >= 0.6 is 0 Å². The van der Waals surface area contributed by atoms with E-state index < -0.39 is 35.4 Å². The van der Waals surface area contributed by atoms with Gasteiger partial charge in [0.15, 0.2) is 0 Å². The Morgan fingerprint density at radius 2 is 2.11 bits per heavy atom. The van der Waals surface area contributed by atoms with Gasteiger partial charge in [-0.2, -0.15) is 0 Å². The third-order valence-corrected chi connectivity index (χ3v) is 2.64. The number of carboxylic acid groups (broad SMARTS) is 1. The number of carboxylic acids is 1. The molecule has 2 atom stereocenters. The maximum Gasteiger partial charge on any atom is 0.344 e. The monoisotopic (exact) mass is 275 g/mol. The first kappa shape index (κ1) is 16.8.